The van der Waals surface area contributed by atoms with E-state index < -0.39 is 6.43 Å². The highest BCUT2D eigenvalue weighted by Crippen LogP contribution is 2.52. The average molecular weight is 177 g/mol. The highest BCUT2D eigenvalue weighted by atomic mass is 19.3. The van der Waals surface area contributed by atoms with Crippen molar-refractivity contribution in [3.63, 3.8) is 0 Å². The van der Waals surface area contributed by atoms with Crippen molar-refractivity contribution in [1.29, 1.82) is 0 Å². The number of β-amino-alcohol motifs (C(OH)–C–C–N with tert-alkyl or cyclic N) is 1. The molecule has 0 aromatic heterocycles. The van der Waals surface area contributed by atoms with Crippen molar-refractivity contribution < 1.29 is 13.9 Å². The summed E-state index contributed by atoms with van der Waals surface area (Å²) in [4.78, 5) is 1.67. The Bertz CT molecular complexity index is 182. The summed E-state index contributed by atoms with van der Waals surface area (Å²) in [5.41, 5.74) is 0.00882. The molecule has 1 spiro atoms. The molecule has 0 aromatic rings. The molecule has 0 bridgehead atoms. The van der Waals surface area contributed by atoms with Crippen LogP contribution in [0.2, 0.25) is 0 Å². The molecule has 70 valence electrons. The van der Waals surface area contributed by atoms with Crippen LogP contribution in [0.1, 0.15) is 12.8 Å². The van der Waals surface area contributed by atoms with Gasteiger partial charge < -0.3 is 5.11 Å². The molecule has 2 fully saturated rings. The van der Waals surface area contributed by atoms with Crippen LogP contribution >= 0.6 is 0 Å². The number of hydrogen-bond acceptors (Lipinski definition) is 2. The average Bonchev–Trinajstić information content (AvgIpc) is 2.60. The fourth-order valence-corrected chi connectivity index (χ4v) is 2.04. The lowest BCUT2D eigenvalue weighted by molar-refractivity contribution is 0.0903. The van der Waals surface area contributed by atoms with E-state index in [-0.39, 0.29) is 18.1 Å². The van der Waals surface area contributed by atoms with E-state index in [1.165, 1.54) is 0 Å². The number of rotatable bonds is 2. The van der Waals surface area contributed by atoms with Crippen molar-refractivity contribution in [2.75, 3.05) is 19.6 Å². The van der Waals surface area contributed by atoms with Crippen LogP contribution in [0.25, 0.3) is 0 Å². The van der Waals surface area contributed by atoms with Gasteiger partial charge in [0.25, 0.3) is 6.43 Å². The number of halogens is 2. The largest absolute Gasteiger partial charge is 0.391 e. The van der Waals surface area contributed by atoms with E-state index in [2.05, 4.69) is 0 Å². The van der Waals surface area contributed by atoms with Gasteiger partial charge in [0.2, 0.25) is 0 Å². The first kappa shape index (κ1) is 8.38. The monoisotopic (exact) mass is 177 g/mol. The Morgan fingerprint density at radius 3 is 2.58 bits per heavy atom. The first-order valence-electron chi connectivity index (χ1n) is 4.31. The van der Waals surface area contributed by atoms with Gasteiger partial charge in [-0.15, -0.1) is 0 Å². The van der Waals surface area contributed by atoms with Crippen molar-refractivity contribution in [3.05, 3.63) is 0 Å². The summed E-state index contributed by atoms with van der Waals surface area (Å²) in [6, 6.07) is 0. The quantitative estimate of drug-likeness (QED) is 0.671. The lowest BCUT2D eigenvalue weighted by Crippen LogP contribution is -2.27. The lowest BCUT2D eigenvalue weighted by atomic mass is 10.0. The second-order valence-corrected chi connectivity index (χ2v) is 3.96. The molecule has 0 aromatic carbocycles. The molecule has 2 rings (SSSR count). The summed E-state index contributed by atoms with van der Waals surface area (Å²) in [5.74, 6) is 0. The van der Waals surface area contributed by atoms with E-state index in [0.717, 1.165) is 12.8 Å². The molecule has 0 radical (unpaired) electrons. The van der Waals surface area contributed by atoms with Gasteiger partial charge in [-0.1, -0.05) is 0 Å². The van der Waals surface area contributed by atoms with E-state index >= 15 is 0 Å². The molecule has 1 saturated carbocycles. The van der Waals surface area contributed by atoms with Crippen LogP contribution in [-0.4, -0.2) is 42.2 Å². The highest BCUT2D eigenvalue weighted by molar-refractivity contribution is 5.06. The Morgan fingerprint density at radius 1 is 1.50 bits per heavy atom. The molecule has 1 atom stereocenters. The number of nitrogens with zero attached hydrogens (tertiary/aromatic N) is 1. The van der Waals surface area contributed by atoms with Crippen LogP contribution in [0, 0.1) is 5.41 Å². The number of hydrogen-bond donors (Lipinski definition) is 1. The minimum Gasteiger partial charge on any atom is -0.391 e. The van der Waals surface area contributed by atoms with E-state index in [9.17, 15) is 13.9 Å². The molecule has 2 aliphatic rings. The summed E-state index contributed by atoms with van der Waals surface area (Å²) in [7, 11) is 0. The molecular formula is C8H13F2NO. The molecule has 4 heteroatoms. The predicted molar refractivity (Wildman–Crippen MR) is 40.1 cm³/mol. The zero-order valence-corrected chi connectivity index (χ0v) is 6.84. The maximum absolute atomic E-state index is 12.0. The smallest absolute Gasteiger partial charge is 0.251 e. The molecule has 1 aliphatic heterocycles. The SMILES string of the molecule is OC1CN(CC(F)F)CC12CC2. The van der Waals surface area contributed by atoms with Crippen molar-refractivity contribution >= 4 is 0 Å². The maximum Gasteiger partial charge on any atom is 0.251 e. The second kappa shape index (κ2) is 2.64. The summed E-state index contributed by atoms with van der Waals surface area (Å²) in [6.45, 7) is 0.918. The molecular weight excluding hydrogens is 164 g/mol. The molecule has 1 aliphatic carbocycles. The molecule has 1 N–H and O–H groups in total. The fraction of sp³-hybridized carbons (Fsp3) is 1.00. The Kier molecular flexibility index (Phi) is 1.84. The second-order valence-electron chi connectivity index (χ2n) is 3.96. The van der Waals surface area contributed by atoms with Gasteiger partial charge in [-0.05, 0) is 12.8 Å². The van der Waals surface area contributed by atoms with Gasteiger partial charge in [-0.25, -0.2) is 8.78 Å². The van der Waals surface area contributed by atoms with Gasteiger partial charge in [0.15, 0.2) is 0 Å². The molecule has 0 amide bonds. The Morgan fingerprint density at radius 2 is 2.17 bits per heavy atom. The van der Waals surface area contributed by atoms with Crippen LogP contribution < -0.4 is 0 Å². The van der Waals surface area contributed by atoms with Crippen molar-refractivity contribution in [1.82, 2.24) is 4.90 Å². The fourth-order valence-electron chi connectivity index (χ4n) is 2.04. The normalized spacial score (nSPS) is 33.5. The summed E-state index contributed by atoms with van der Waals surface area (Å²) in [5, 5.41) is 9.52. The van der Waals surface area contributed by atoms with E-state index in [4.69, 9.17) is 0 Å². The lowest BCUT2D eigenvalue weighted by Gasteiger charge is -2.13. The Hall–Kier alpha value is -0.220. The summed E-state index contributed by atoms with van der Waals surface area (Å²) < 4.78 is 23.9. The Labute approximate surface area is 70.2 Å². The van der Waals surface area contributed by atoms with Crippen LogP contribution in [-0.2, 0) is 0 Å². The van der Waals surface area contributed by atoms with Crippen molar-refractivity contribution in [2.24, 2.45) is 5.41 Å². The maximum atomic E-state index is 12.0. The van der Waals surface area contributed by atoms with Gasteiger partial charge >= 0.3 is 0 Å². The first-order valence-corrected chi connectivity index (χ1v) is 4.31. The molecule has 2 nitrogen and oxygen atoms in total. The zero-order chi connectivity index (χ0) is 8.77. The minimum atomic E-state index is -2.27. The van der Waals surface area contributed by atoms with Gasteiger partial charge in [-0.3, -0.25) is 4.90 Å². The predicted octanol–water partition coefficient (Wildman–Crippen LogP) is 0.708. The van der Waals surface area contributed by atoms with Crippen LogP contribution in [0.5, 0.6) is 0 Å². The highest BCUT2D eigenvalue weighted by Gasteiger charge is 2.54. The number of likely N-dealkylation sites (tertiary alicyclic amines) is 1. The standard InChI is InChI=1S/C8H13F2NO/c9-7(10)4-11-3-6(12)8(5-11)1-2-8/h6-7,12H,1-5H2. The van der Waals surface area contributed by atoms with Gasteiger partial charge in [0.1, 0.15) is 0 Å². The molecule has 1 unspecified atom stereocenters. The number of aliphatic hydroxyl groups is 1. The zero-order valence-electron chi connectivity index (χ0n) is 6.84. The van der Waals surface area contributed by atoms with Crippen LogP contribution in [0.15, 0.2) is 0 Å². The van der Waals surface area contributed by atoms with Crippen molar-refractivity contribution in [3.8, 4) is 0 Å². The van der Waals surface area contributed by atoms with E-state index in [1.807, 2.05) is 0 Å². The molecule has 12 heavy (non-hydrogen) atoms. The first-order chi connectivity index (χ1) is 5.62. The topological polar surface area (TPSA) is 23.5 Å². The Balaban J connectivity index is 1.89. The number of alkyl halides is 2. The van der Waals surface area contributed by atoms with Crippen LogP contribution in [0.3, 0.4) is 0 Å². The molecule has 1 heterocycles. The summed E-state index contributed by atoms with van der Waals surface area (Å²) in [6.07, 6.45) is -0.621. The van der Waals surface area contributed by atoms with Gasteiger partial charge in [0, 0.05) is 18.5 Å². The third-order valence-corrected chi connectivity index (χ3v) is 2.96. The summed E-state index contributed by atoms with van der Waals surface area (Å²) >= 11 is 0. The van der Waals surface area contributed by atoms with E-state index in [1.54, 1.807) is 4.90 Å². The van der Waals surface area contributed by atoms with Crippen molar-refractivity contribution in [2.45, 2.75) is 25.4 Å². The van der Waals surface area contributed by atoms with Crippen LogP contribution in [0.4, 0.5) is 8.78 Å². The third-order valence-electron chi connectivity index (χ3n) is 2.96. The number of aliphatic hydroxyl groups excluding tert-OH is 1. The van der Waals surface area contributed by atoms with Gasteiger partial charge in [-0.2, -0.15) is 0 Å². The van der Waals surface area contributed by atoms with E-state index in [0.29, 0.717) is 13.1 Å². The third kappa shape index (κ3) is 1.33. The minimum absolute atomic E-state index is 0.00882. The van der Waals surface area contributed by atoms with Gasteiger partial charge in [0.05, 0.1) is 12.6 Å². The molecule has 1 saturated heterocycles.